The fraction of sp³-hybridized carbons (Fsp3) is 0.714. The van der Waals surface area contributed by atoms with Crippen molar-refractivity contribution in [3.63, 3.8) is 0 Å². The van der Waals surface area contributed by atoms with Gasteiger partial charge in [-0.05, 0) is 6.42 Å². The van der Waals surface area contributed by atoms with E-state index in [1.54, 1.807) is 0 Å². The number of carbonyl (C=O) groups is 2. The lowest BCUT2D eigenvalue weighted by atomic mass is 9.96. The first-order chi connectivity index (χ1) is 6.30. The highest BCUT2D eigenvalue weighted by molar-refractivity contribution is 5.83. The van der Waals surface area contributed by atoms with Crippen LogP contribution in [0.4, 0.5) is 0 Å². The monoisotopic (exact) mass is 205 g/mol. The summed E-state index contributed by atoms with van der Waals surface area (Å²) in [5.41, 5.74) is 3.21. The van der Waals surface area contributed by atoms with Gasteiger partial charge in [0.1, 0.15) is 11.6 Å². The first kappa shape index (κ1) is 10.9. The number of carboxylic acids is 2. The zero-order chi connectivity index (χ0) is 11.1. The molecule has 1 fully saturated rings. The molecule has 0 amide bonds. The summed E-state index contributed by atoms with van der Waals surface area (Å²) in [6, 6.07) is 0. The maximum absolute atomic E-state index is 10.7. The molecule has 0 aliphatic heterocycles. The molecule has 7 nitrogen and oxygen atoms in total. The molecule has 0 heterocycles. The number of hydrogen-bond acceptors (Lipinski definition) is 5. The molecule has 1 aliphatic carbocycles. The molecule has 7 heteroatoms. The molecule has 0 aromatic heterocycles. The minimum atomic E-state index is -2.08. The molecule has 0 unspecified atom stereocenters. The molecule has 0 bridgehead atoms. The lowest BCUT2D eigenvalue weighted by Crippen LogP contribution is -2.56. The first-order valence-electron chi connectivity index (χ1n) is 3.92. The standard InChI is InChI=1S/C7H11NO6/c8-7(6(13)14)1-2(5(11)12)3(9)4(7)10/h2-4,9-10H,1,8H2,(H,11,12)(H,13,14)/t2-,3+,4-,7+/m0/s1. The molecule has 80 valence electrons. The Hall–Kier alpha value is -1.18. The fourth-order valence-electron chi connectivity index (χ4n) is 1.58. The Morgan fingerprint density at radius 2 is 1.79 bits per heavy atom. The number of carboxylic acid groups (broad SMARTS) is 2. The van der Waals surface area contributed by atoms with Gasteiger partial charge in [0.15, 0.2) is 0 Å². The van der Waals surface area contributed by atoms with Gasteiger partial charge in [-0.3, -0.25) is 9.59 Å². The van der Waals surface area contributed by atoms with Gasteiger partial charge < -0.3 is 26.2 Å². The van der Waals surface area contributed by atoms with Gasteiger partial charge in [0, 0.05) is 0 Å². The summed E-state index contributed by atoms with van der Waals surface area (Å²) in [6.45, 7) is 0. The van der Waals surface area contributed by atoms with E-state index in [0.717, 1.165) is 0 Å². The van der Waals surface area contributed by atoms with Gasteiger partial charge >= 0.3 is 11.9 Å². The molecule has 0 aromatic carbocycles. The SMILES string of the molecule is N[C@]1(C(=O)O)C[C@H](C(=O)O)[C@@H](O)[C@@H]1O. The van der Waals surface area contributed by atoms with Crippen LogP contribution in [0.2, 0.25) is 0 Å². The summed E-state index contributed by atoms with van der Waals surface area (Å²) in [6.07, 6.45) is -3.89. The molecular weight excluding hydrogens is 194 g/mol. The second-order valence-corrected chi connectivity index (χ2v) is 3.43. The van der Waals surface area contributed by atoms with Crippen LogP contribution >= 0.6 is 0 Å². The molecule has 0 spiro atoms. The highest BCUT2D eigenvalue weighted by Crippen LogP contribution is 2.33. The summed E-state index contributed by atoms with van der Waals surface area (Å²) in [4.78, 5) is 21.2. The van der Waals surface area contributed by atoms with Crippen molar-refractivity contribution in [1.82, 2.24) is 0 Å². The van der Waals surface area contributed by atoms with Crippen molar-refractivity contribution in [2.75, 3.05) is 0 Å². The zero-order valence-corrected chi connectivity index (χ0v) is 7.12. The molecular formula is C7H11NO6. The molecule has 1 saturated carbocycles. The maximum atomic E-state index is 10.7. The van der Waals surface area contributed by atoms with E-state index in [1.807, 2.05) is 0 Å². The predicted molar refractivity (Wildman–Crippen MR) is 42.3 cm³/mol. The predicted octanol–water partition coefficient (Wildman–Crippen LogP) is -2.41. The third kappa shape index (κ3) is 1.35. The molecule has 0 aromatic rings. The normalized spacial score (nSPS) is 42.4. The number of aliphatic hydroxyl groups is 2. The lowest BCUT2D eigenvalue weighted by Gasteiger charge is -2.22. The second kappa shape index (κ2) is 3.19. The number of aliphatic carboxylic acids is 2. The van der Waals surface area contributed by atoms with Gasteiger partial charge in [0.25, 0.3) is 0 Å². The van der Waals surface area contributed by atoms with E-state index >= 15 is 0 Å². The first-order valence-corrected chi connectivity index (χ1v) is 3.92. The van der Waals surface area contributed by atoms with E-state index in [4.69, 9.17) is 15.9 Å². The van der Waals surface area contributed by atoms with Crippen LogP contribution in [0.3, 0.4) is 0 Å². The number of hydrogen-bond donors (Lipinski definition) is 5. The summed E-state index contributed by atoms with van der Waals surface area (Å²) in [7, 11) is 0. The minimum Gasteiger partial charge on any atom is -0.481 e. The van der Waals surface area contributed by atoms with Crippen molar-refractivity contribution in [2.45, 2.75) is 24.2 Å². The molecule has 1 rings (SSSR count). The topological polar surface area (TPSA) is 141 Å². The van der Waals surface area contributed by atoms with Crippen LogP contribution in [0.1, 0.15) is 6.42 Å². The van der Waals surface area contributed by atoms with Crippen LogP contribution in [-0.2, 0) is 9.59 Å². The van der Waals surface area contributed by atoms with E-state index in [0.29, 0.717) is 0 Å². The average molecular weight is 205 g/mol. The van der Waals surface area contributed by atoms with Gasteiger partial charge in [-0.25, -0.2) is 0 Å². The Morgan fingerprint density at radius 3 is 2.00 bits per heavy atom. The number of nitrogens with two attached hydrogens (primary N) is 1. The van der Waals surface area contributed by atoms with Gasteiger partial charge in [0.2, 0.25) is 0 Å². The van der Waals surface area contributed by atoms with Crippen LogP contribution in [-0.4, -0.2) is 50.1 Å². The maximum Gasteiger partial charge on any atom is 0.326 e. The van der Waals surface area contributed by atoms with Gasteiger partial charge in [-0.2, -0.15) is 0 Å². The van der Waals surface area contributed by atoms with Gasteiger partial charge in [-0.1, -0.05) is 0 Å². The van der Waals surface area contributed by atoms with E-state index < -0.39 is 42.0 Å². The van der Waals surface area contributed by atoms with Crippen LogP contribution in [0.5, 0.6) is 0 Å². The van der Waals surface area contributed by atoms with Crippen molar-refractivity contribution in [2.24, 2.45) is 11.7 Å². The second-order valence-electron chi connectivity index (χ2n) is 3.43. The van der Waals surface area contributed by atoms with Crippen LogP contribution in [0.25, 0.3) is 0 Å². The van der Waals surface area contributed by atoms with Crippen LogP contribution in [0, 0.1) is 5.92 Å². The van der Waals surface area contributed by atoms with E-state index in [-0.39, 0.29) is 0 Å². The average Bonchev–Trinajstić information content (AvgIpc) is 2.31. The zero-order valence-electron chi connectivity index (χ0n) is 7.12. The Kier molecular flexibility index (Phi) is 2.49. The third-order valence-corrected chi connectivity index (χ3v) is 2.54. The summed E-state index contributed by atoms with van der Waals surface area (Å²) < 4.78 is 0. The Labute approximate surface area is 78.8 Å². The van der Waals surface area contributed by atoms with Gasteiger partial charge in [-0.15, -0.1) is 0 Å². The highest BCUT2D eigenvalue weighted by atomic mass is 16.4. The molecule has 1 aliphatic rings. The largest absolute Gasteiger partial charge is 0.481 e. The quantitative estimate of drug-likeness (QED) is 0.338. The summed E-state index contributed by atoms with van der Waals surface area (Å²) in [5, 5.41) is 35.8. The molecule has 6 N–H and O–H groups in total. The van der Waals surface area contributed by atoms with E-state index in [1.165, 1.54) is 0 Å². The Bertz CT molecular complexity index is 279. The van der Waals surface area contributed by atoms with Crippen LogP contribution in [0.15, 0.2) is 0 Å². The Balaban J connectivity index is 2.97. The number of aliphatic hydroxyl groups excluding tert-OH is 2. The molecule has 0 saturated heterocycles. The van der Waals surface area contributed by atoms with E-state index in [2.05, 4.69) is 0 Å². The van der Waals surface area contributed by atoms with Gasteiger partial charge in [0.05, 0.1) is 12.0 Å². The van der Waals surface area contributed by atoms with Crippen molar-refractivity contribution >= 4 is 11.9 Å². The lowest BCUT2D eigenvalue weighted by molar-refractivity contribution is -0.149. The van der Waals surface area contributed by atoms with E-state index in [9.17, 15) is 19.8 Å². The summed E-state index contributed by atoms with van der Waals surface area (Å²) in [5.74, 6) is -4.23. The van der Waals surface area contributed by atoms with Crippen molar-refractivity contribution < 1.29 is 30.0 Å². The molecule has 0 radical (unpaired) electrons. The molecule has 4 atom stereocenters. The van der Waals surface area contributed by atoms with Crippen molar-refractivity contribution in [3.8, 4) is 0 Å². The van der Waals surface area contributed by atoms with Crippen LogP contribution < -0.4 is 5.73 Å². The third-order valence-electron chi connectivity index (χ3n) is 2.54. The van der Waals surface area contributed by atoms with Crippen molar-refractivity contribution in [3.05, 3.63) is 0 Å². The minimum absolute atomic E-state index is 0.486. The summed E-state index contributed by atoms with van der Waals surface area (Å²) >= 11 is 0. The number of rotatable bonds is 2. The smallest absolute Gasteiger partial charge is 0.326 e. The highest BCUT2D eigenvalue weighted by Gasteiger charge is 2.57. The molecule has 14 heavy (non-hydrogen) atoms. The Morgan fingerprint density at radius 1 is 1.29 bits per heavy atom. The fourth-order valence-corrected chi connectivity index (χ4v) is 1.58. The van der Waals surface area contributed by atoms with Crippen molar-refractivity contribution in [1.29, 1.82) is 0 Å².